The van der Waals surface area contributed by atoms with Crippen LogP contribution in [0.25, 0.3) is 0 Å². The summed E-state index contributed by atoms with van der Waals surface area (Å²) in [6, 6.07) is 21.6. The van der Waals surface area contributed by atoms with Crippen molar-refractivity contribution in [1.82, 2.24) is 4.98 Å². The molecule has 1 saturated heterocycles. The summed E-state index contributed by atoms with van der Waals surface area (Å²) < 4.78 is 11.7. The van der Waals surface area contributed by atoms with E-state index in [1.54, 1.807) is 42.5 Å². The second kappa shape index (κ2) is 11.5. The second-order valence-corrected chi connectivity index (χ2v) is 12.1. The van der Waals surface area contributed by atoms with Gasteiger partial charge < -0.3 is 19.8 Å². The van der Waals surface area contributed by atoms with Crippen LogP contribution < -0.4 is 24.6 Å². The molecule has 2 aliphatic heterocycles. The first kappa shape index (κ1) is 27.8. The van der Waals surface area contributed by atoms with Crippen molar-refractivity contribution in [3.05, 3.63) is 98.5 Å². The number of carbonyl (C=O) groups is 3. The Labute approximate surface area is 249 Å². The van der Waals surface area contributed by atoms with Gasteiger partial charge in [-0.1, -0.05) is 65.1 Å². The number of thiazole rings is 1. The highest BCUT2D eigenvalue weighted by Crippen LogP contribution is 2.53. The number of hydrogen-bond donors (Lipinski definition) is 2. The maximum absolute atomic E-state index is 13.9. The number of ether oxygens (including phenoxy) is 2. The molecule has 0 unspecified atom stereocenters. The summed E-state index contributed by atoms with van der Waals surface area (Å²) in [5, 5.41) is 2.71. The number of aromatic nitrogens is 1. The van der Waals surface area contributed by atoms with Gasteiger partial charge in [0.15, 0.2) is 18.1 Å². The van der Waals surface area contributed by atoms with Crippen LogP contribution in [0.3, 0.4) is 0 Å². The third kappa shape index (κ3) is 5.21. The van der Waals surface area contributed by atoms with Crippen LogP contribution in [-0.4, -0.2) is 41.2 Å². The highest BCUT2D eigenvalue weighted by atomic mass is 32.2. The first-order chi connectivity index (χ1) is 20.3. The number of benzene rings is 3. The Hall–Kier alpha value is -4.35. The Kier molecular flexibility index (Phi) is 7.61. The van der Waals surface area contributed by atoms with E-state index in [0.29, 0.717) is 44.9 Å². The number of para-hydroxylation sites is 1. The minimum Gasteiger partial charge on any atom is -0.490 e. The predicted octanol–water partition coefficient (Wildman–Crippen LogP) is 4.96. The van der Waals surface area contributed by atoms with E-state index in [2.05, 4.69) is 10.3 Å². The van der Waals surface area contributed by atoms with E-state index in [1.807, 2.05) is 44.2 Å². The third-order valence-electron chi connectivity index (χ3n) is 7.16. The van der Waals surface area contributed by atoms with Gasteiger partial charge in [-0.15, -0.1) is 0 Å². The van der Waals surface area contributed by atoms with Gasteiger partial charge >= 0.3 is 4.87 Å². The van der Waals surface area contributed by atoms with Crippen LogP contribution in [0.4, 0.5) is 11.4 Å². The number of aromatic amines is 1. The number of nitrogens with one attached hydrogen (secondary N) is 2. The molecule has 11 heteroatoms. The molecule has 0 radical (unpaired) electrons. The normalized spacial score (nSPS) is 19.3. The Balaban J connectivity index is 1.31. The van der Waals surface area contributed by atoms with Crippen LogP contribution in [0.15, 0.2) is 82.6 Å². The summed E-state index contributed by atoms with van der Waals surface area (Å²) >= 11 is 2.27. The number of carbonyl (C=O) groups excluding carboxylic acids is 3. The number of aryl methyl sites for hydroxylation is 1. The molecule has 2 aliphatic rings. The molecule has 1 aromatic heterocycles. The van der Waals surface area contributed by atoms with Gasteiger partial charge in [-0.3, -0.25) is 19.2 Å². The van der Waals surface area contributed by atoms with Gasteiger partial charge in [0.25, 0.3) is 5.91 Å². The molecule has 3 heterocycles. The third-order valence-corrected chi connectivity index (χ3v) is 9.56. The van der Waals surface area contributed by atoms with Crippen LogP contribution in [0.2, 0.25) is 0 Å². The molecule has 3 atom stereocenters. The zero-order valence-corrected chi connectivity index (χ0v) is 24.4. The molecule has 0 bridgehead atoms. The van der Waals surface area contributed by atoms with E-state index in [-0.39, 0.29) is 29.2 Å². The molecule has 9 nitrogen and oxygen atoms in total. The lowest BCUT2D eigenvalue weighted by molar-refractivity contribution is -0.122. The van der Waals surface area contributed by atoms with Gasteiger partial charge in [0.2, 0.25) is 11.8 Å². The quantitative estimate of drug-likeness (QED) is 0.274. The Morgan fingerprint density at radius 2 is 1.71 bits per heavy atom. The van der Waals surface area contributed by atoms with E-state index >= 15 is 0 Å². The Bertz CT molecular complexity index is 1720. The largest absolute Gasteiger partial charge is 0.490 e. The molecule has 214 valence electrons. The molecule has 3 aromatic carbocycles. The molecular formula is C31H27N3O6S2. The van der Waals surface area contributed by atoms with Crippen LogP contribution in [-0.2, 0) is 14.4 Å². The van der Waals surface area contributed by atoms with Gasteiger partial charge in [0, 0.05) is 16.5 Å². The Morgan fingerprint density at radius 1 is 0.952 bits per heavy atom. The lowest BCUT2D eigenvalue weighted by Gasteiger charge is -2.30. The minimum atomic E-state index is -0.719. The molecule has 0 saturated carbocycles. The molecule has 42 heavy (non-hydrogen) atoms. The Morgan fingerprint density at radius 3 is 2.45 bits per heavy atom. The maximum atomic E-state index is 13.9. The molecule has 6 rings (SSSR count). The highest BCUT2D eigenvalue weighted by molar-refractivity contribution is 8.00. The number of amides is 3. The molecule has 1 fully saturated rings. The maximum Gasteiger partial charge on any atom is 0.305 e. The topological polar surface area (TPSA) is 118 Å². The average molecular weight is 602 g/mol. The van der Waals surface area contributed by atoms with Crippen LogP contribution in [0.1, 0.15) is 28.8 Å². The van der Waals surface area contributed by atoms with Crippen molar-refractivity contribution in [3.63, 3.8) is 0 Å². The number of imide groups is 1. The van der Waals surface area contributed by atoms with Crippen molar-refractivity contribution < 1.29 is 23.9 Å². The standard InChI is InChI=1S/C31H27N3O6S2/c1-3-39-22-15-18(11-14-21(22)40-16-23(35)32-19-12-9-17(2)10-13-19)24-25-27(41-28-26(24)42-31(38)33-28)30(37)34(29(25)36)20-7-5-4-6-8-20/h4-15,24-25,27H,3,16H2,1-2H3,(H,32,35)(H,33,38)/t24-,25-,27+/m0/s1. The van der Waals surface area contributed by atoms with E-state index in [0.717, 1.165) is 16.9 Å². The predicted molar refractivity (Wildman–Crippen MR) is 162 cm³/mol. The summed E-state index contributed by atoms with van der Waals surface area (Å²) in [7, 11) is 0. The summed E-state index contributed by atoms with van der Waals surface area (Å²) in [6.07, 6.45) is 0. The number of rotatable bonds is 8. The van der Waals surface area contributed by atoms with Crippen molar-refractivity contribution >= 4 is 52.2 Å². The van der Waals surface area contributed by atoms with E-state index < -0.39 is 17.1 Å². The molecule has 2 N–H and O–H groups in total. The zero-order valence-electron chi connectivity index (χ0n) is 22.8. The van der Waals surface area contributed by atoms with E-state index in [4.69, 9.17) is 9.47 Å². The lowest BCUT2D eigenvalue weighted by atomic mass is 9.83. The van der Waals surface area contributed by atoms with E-state index in [9.17, 15) is 19.2 Å². The fourth-order valence-electron chi connectivity index (χ4n) is 5.29. The van der Waals surface area contributed by atoms with Gasteiger partial charge in [-0.2, -0.15) is 0 Å². The monoisotopic (exact) mass is 601 g/mol. The molecule has 0 aliphatic carbocycles. The van der Waals surface area contributed by atoms with Crippen molar-refractivity contribution in [1.29, 1.82) is 0 Å². The SMILES string of the molecule is CCOc1cc([C@@H]2c3sc(=O)[nH]c3S[C@H]3C(=O)N(c4ccccc4)C(=O)[C@@H]23)ccc1OCC(=O)Nc1ccc(C)cc1. The van der Waals surface area contributed by atoms with E-state index in [1.165, 1.54) is 16.7 Å². The van der Waals surface area contributed by atoms with Gasteiger partial charge in [0.1, 0.15) is 5.25 Å². The smallest absolute Gasteiger partial charge is 0.305 e. The molecule has 3 amide bonds. The molecule has 4 aromatic rings. The molecular weight excluding hydrogens is 574 g/mol. The van der Waals surface area contributed by atoms with Crippen molar-refractivity contribution in [2.75, 3.05) is 23.4 Å². The summed E-state index contributed by atoms with van der Waals surface area (Å²) in [6.45, 7) is 3.90. The number of thioether (sulfide) groups is 1. The zero-order chi connectivity index (χ0) is 29.4. The second-order valence-electron chi connectivity index (χ2n) is 9.94. The number of H-pyrrole nitrogens is 1. The van der Waals surface area contributed by atoms with Crippen molar-refractivity contribution in [3.8, 4) is 11.5 Å². The van der Waals surface area contributed by atoms with Gasteiger partial charge in [-0.05, 0) is 55.8 Å². The van der Waals surface area contributed by atoms with Crippen LogP contribution in [0, 0.1) is 12.8 Å². The average Bonchev–Trinajstić information content (AvgIpc) is 3.48. The number of hydrogen-bond acceptors (Lipinski definition) is 8. The van der Waals surface area contributed by atoms with Crippen LogP contribution >= 0.6 is 23.1 Å². The minimum absolute atomic E-state index is 0.235. The van der Waals surface area contributed by atoms with Crippen molar-refractivity contribution in [2.45, 2.75) is 30.0 Å². The summed E-state index contributed by atoms with van der Waals surface area (Å²) in [5.74, 6) is -1.46. The highest BCUT2D eigenvalue weighted by Gasteiger charge is 2.56. The van der Waals surface area contributed by atoms with Crippen molar-refractivity contribution in [2.24, 2.45) is 5.92 Å². The van der Waals surface area contributed by atoms with Gasteiger partial charge in [-0.25, -0.2) is 4.90 Å². The summed E-state index contributed by atoms with van der Waals surface area (Å²) in [4.78, 5) is 57.0. The number of anilines is 2. The fourth-order valence-corrected chi connectivity index (χ4v) is 7.81. The molecule has 0 spiro atoms. The lowest BCUT2D eigenvalue weighted by Crippen LogP contribution is -2.32. The number of fused-ring (bicyclic) bond motifs is 2. The first-order valence-electron chi connectivity index (χ1n) is 13.4. The number of nitrogens with zero attached hydrogens (tertiary/aromatic N) is 1. The first-order valence-corrected chi connectivity index (χ1v) is 15.1. The van der Waals surface area contributed by atoms with Gasteiger partial charge in [0.05, 0.1) is 23.2 Å². The fraction of sp³-hybridized carbons (Fsp3) is 0.226. The van der Waals surface area contributed by atoms with Crippen LogP contribution in [0.5, 0.6) is 11.5 Å². The summed E-state index contributed by atoms with van der Waals surface area (Å²) in [5.41, 5.74) is 2.98.